The Labute approximate surface area is 101 Å². The number of aromatic amines is 1. The van der Waals surface area contributed by atoms with E-state index in [2.05, 4.69) is 19.7 Å². The van der Waals surface area contributed by atoms with Gasteiger partial charge in [-0.2, -0.15) is 0 Å². The van der Waals surface area contributed by atoms with Gasteiger partial charge < -0.3 is 15.1 Å². The number of pyridine rings is 1. The zero-order chi connectivity index (χ0) is 13.2. The molecule has 2 N–H and O–H groups in total. The Bertz CT molecular complexity index is 649. The first-order valence-electron chi connectivity index (χ1n) is 4.62. The number of anilines is 1. The number of rotatable bonds is 4. The van der Waals surface area contributed by atoms with Crippen molar-refractivity contribution in [2.75, 3.05) is 4.72 Å². The number of hydrogen-bond donors (Lipinski definition) is 2. The Kier molecular flexibility index (Phi) is 2.93. The Morgan fingerprint density at radius 3 is 2.61 bits per heavy atom. The lowest BCUT2D eigenvalue weighted by Gasteiger charge is -2.03. The van der Waals surface area contributed by atoms with Gasteiger partial charge in [-0.3, -0.25) is 0 Å². The molecule has 0 aliphatic carbocycles. The van der Waals surface area contributed by atoms with Crippen LogP contribution in [0.5, 0.6) is 0 Å². The monoisotopic (exact) mass is 269 g/mol. The maximum absolute atomic E-state index is 11.8. The largest absolute Gasteiger partial charge is 0.363 e. The van der Waals surface area contributed by atoms with Crippen LogP contribution in [0.25, 0.3) is 0 Å². The fraction of sp³-hybridized carbons (Fsp3) is 0. The minimum atomic E-state index is -3.85. The molecule has 9 nitrogen and oxygen atoms in total. The molecule has 18 heavy (non-hydrogen) atoms. The van der Waals surface area contributed by atoms with Crippen molar-refractivity contribution in [3.63, 3.8) is 0 Å². The second-order valence-corrected chi connectivity index (χ2v) is 4.83. The van der Waals surface area contributed by atoms with E-state index in [4.69, 9.17) is 0 Å². The van der Waals surface area contributed by atoms with Crippen LogP contribution in [0.3, 0.4) is 0 Å². The van der Waals surface area contributed by atoms with Crippen molar-refractivity contribution < 1.29 is 13.3 Å². The number of imidazole rings is 1. The van der Waals surface area contributed by atoms with Crippen molar-refractivity contribution in [2.45, 2.75) is 4.90 Å². The predicted octanol–water partition coefficient (Wildman–Crippen LogP) is 0.514. The van der Waals surface area contributed by atoms with Crippen LogP contribution in [-0.2, 0) is 10.0 Å². The molecule has 2 heterocycles. The molecule has 0 saturated heterocycles. The van der Waals surface area contributed by atoms with Gasteiger partial charge in [0.25, 0.3) is 10.0 Å². The molecule has 0 bridgehead atoms. The number of aromatic nitrogens is 3. The third kappa shape index (κ3) is 2.43. The van der Waals surface area contributed by atoms with E-state index in [1.165, 1.54) is 12.4 Å². The highest BCUT2D eigenvalue weighted by Crippen LogP contribution is 2.14. The molecular formula is C8H7N5O4S. The summed E-state index contributed by atoms with van der Waals surface area (Å²) >= 11 is 0. The summed E-state index contributed by atoms with van der Waals surface area (Å²) in [5.41, 5.74) is 0. The molecule has 0 aliphatic rings. The van der Waals surface area contributed by atoms with Crippen molar-refractivity contribution in [1.29, 1.82) is 0 Å². The van der Waals surface area contributed by atoms with E-state index >= 15 is 0 Å². The molecule has 0 amide bonds. The van der Waals surface area contributed by atoms with E-state index < -0.39 is 20.8 Å². The van der Waals surface area contributed by atoms with Gasteiger partial charge in [0.05, 0.1) is 0 Å². The SMILES string of the molecule is O=[N+]([O-])c1ccc(S(=O)(=O)Nc2ncc[nH]2)cn1. The van der Waals surface area contributed by atoms with Crippen LogP contribution >= 0.6 is 0 Å². The Morgan fingerprint density at radius 1 is 1.33 bits per heavy atom. The maximum atomic E-state index is 11.8. The number of sulfonamides is 1. The van der Waals surface area contributed by atoms with Gasteiger partial charge in [-0.25, -0.2) is 18.1 Å². The van der Waals surface area contributed by atoms with E-state index in [0.29, 0.717) is 0 Å². The minimum absolute atomic E-state index is 0.0494. The van der Waals surface area contributed by atoms with E-state index in [1.807, 2.05) is 0 Å². The lowest BCUT2D eigenvalue weighted by atomic mass is 10.5. The summed E-state index contributed by atoms with van der Waals surface area (Å²) in [7, 11) is -3.85. The average molecular weight is 269 g/mol. The van der Waals surface area contributed by atoms with Crippen LogP contribution in [-0.4, -0.2) is 28.3 Å². The van der Waals surface area contributed by atoms with Gasteiger partial charge in [0.2, 0.25) is 5.95 Å². The topological polar surface area (TPSA) is 131 Å². The van der Waals surface area contributed by atoms with Gasteiger partial charge in [-0.1, -0.05) is 0 Å². The van der Waals surface area contributed by atoms with Crippen LogP contribution in [0.15, 0.2) is 35.6 Å². The van der Waals surface area contributed by atoms with Crippen LogP contribution in [0.2, 0.25) is 0 Å². The Morgan fingerprint density at radius 2 is 2.11 bits per heavy atom. The molecule has 10 heteroatoms. The van der Waals surface area contributed by atoms with Gasteiger partial charge in [0.15, 0.2) is 6.20 Å². The Hall–Kier alpha value is -2.49. The van der Waals surface area contributed by atoms with Gasteiger partial charge >= 0.3 is 5.82 Å². The van der Waals surface area contributed by atoms with E-state index in [0.717, 1.165) is 18.3 Å². The lowest BCUT2D eigenvalue weighted by molar-refractivity contribution is -0.389. The molecule has 94 valence electrons. The lowest BCUT2D eigenvalue weighted by Crippen LogP contribution is -2.14. The van der Waals surface area contributed by atoms with Crippen LogP contribution in [0, 0.1) is 10.1 Å². The van der Waals surface area contributed by atoms with E-state index in [9.17, 15) is 18.5 Å². The fourth-order valence-electron chi connectivity index (χ4n) is 1.15. The van der Waals surface area contributed by atoms with E-state index in [1.54, 1.807) is 0 Å². The third-order valence-corrected chi connectivity index (χ3v) is 3.27. The molecule has 2 aromatic rings. The Balaban J connectivity index is 2.27. The summed E-state index contributed by atoms with van der Waals surface area (Å²) in [6, 6.07) is 2.10. The second-order valence-electron chi connectivity index (χ2n) is 3.15. The molecule has 2 aromatic heterocycles. The predicted molar refractivity (Wildman–Crippen MR) is 60.3 cm³/mol. The first-order valence-corrected chi connectivity index (χ1v) is 6.10. The smallest absolute Gasteiger partial charge is 0.358 e. The normalized spacial score (nSPS) is 11.1. The molecule has 2 rings (SSSR count). The molecule has 0 spiro atoms. The van der Waals surface area contributed by atoms with Crippen molar-refractivity contribution in [3.8, 4) is 0 Å². The quantitative estimate of drug-likeness (QED) is 0.614. The van der Waals surface area contributed by atoms with Crippen molar-refractivity contribution in [3.05, 3.63) is 40.8 Å². The zero-order valence-corrected chi connectivity index (χ0v) is 9.59. The summed E-state index contributed by atoms with van der Waals surface area (Å²) in [6.07, 6.45) is 3.74. The maximum Gasteiger partial charge on any atom is 0.363 e. The average Bonchev–Trinajstić information content (AvgIpc) is 2.81. The minimum Gasteiger partial charge on any atom is -0.358 e. The summed E-state index contributed by atoms with van der Waals surface area (Å²) in [5.74, 6) is -0.375. The van der Waals surface area contributed by atoms with Gasteiger partial charge in [0.1, 0.15) is 4.90 Å². The zero-order valence-electron chi connectivity index (χ0n) is 8.77. The molecule has 0 aliphatic heterocycles. The van der Waals surface area contributed by atoms with Crippen molar-refractivity contribution in [1.82, 2.24) is 15.0 Å². The number of H-pyrrole nitrogens is 1. The first kappa shape index (κ1) is 12.0. The number of hydrogen-bond acceptors (Lipinski definition) is 6. The summed E-state index contributed by atoms with van der Waals surface area (Å²) < 4.78 is 25.8. The second kappa shape index (κ2) is 4.41. The first-order chi connectivity index (χ1) is 8.49. The number of nitrogens with zero attached hydrogens (tertiary/aromatic N) is 3. The molecule has 0 saturated carbocycles. The number of nitro groups is 1. The van der Waals surface area contributed by atoms with Gasteiger partial charge in [-0.15, -0.1) is 0 Å². The molecule has 0 aromatic carbocycles. The highest BCUT2D eigenvalue weighted by molar-refractivity contribution is 7.92. The van der Waals surface area contributed by atoms with Crippen molar-refractivity contribution in [2.24, 2.45) is 0 Å². The third-order valence-electron chi connectivity index (χ3n) is 1.95. The summed E-state index contributed by atoms with van der Waals surface area (Å²) in [6.45, 7) is 0. The van der Waals surface area contributed by atoms with Crippen LogP contribution < -0.4 is 4.72 Å². The molecule has 0 unspecified atom stereocenters. The highest BCUT2D eigenvalue weighted by Gasteiger charge is 2.18. The molecule has 0 atom stereocenters. The van der Waals surface area contributed by atoms with Gasteiger partial charge in [-0.05, 0) is 16.0 Å². The van der Waals surface area contributed by atoms with Crippen LogP contribution in [0.4, 0.5) is 11.8 Å². The van der Waals surface area contributed by atoms with E-state index in [-0.39, 0.29) is 10.8 Å². The molecule has 0 radical (unpaired) electrons. The van der Waals surface area contributed by atoms with Crippen molar-refractivity contribution >= 4 is 21.8 Å². The summed E-state index contributed by atoms with van der Waals surface area (Å²) in [5, 5.41) is 10.4. The molecular weight excluding hydrogens is 262 g/mol. The summed E-state index contributed by atoms with van der Waals surface area (Å²) in [4.78, 5) is 19.2. The number of nitrogens with one attached hydrogen (secondary N) is 2. The van der Waals surface area contributed by atoms with Crippen LogP contribution in [0.1, 0.15) is 0 Å². The standard InChI is InChI=1S/C8H7N5O4S/c14-13(15)7-2-1-6(5-11-7)18(16,17)12-8-9-3-4-10-8/h1-5H,(H2,9,10,12). The van der Waals surface area contributed by atoms with Gasteiger partial charge in [0, 0.05) is 18.5 Å². The molecule has 0 fully saturated rings. The highest BCUT2D eigenvalue weighted by atomic mass is 32.2. The fourth-order valence-corrected chi connectivity index (χ4v) is 2.07.